The van der Waals surface area contributed by atoms with Gasteiger partial charge in [-0.25, -0.2) is 13.8 Å². The van der Waals surface area contributed by atoms with E-state index in [1.807, 2.05) is 15.8 Å². The minimum Gasteiger partial charge on any atom is -0.494 e. The maximum absolute atomic E-state index is 14.2. The van der Waals surface area contributed by atoms with Crippen LogP contribution in [0.2, 0.25) is 0 Å². The van der Waals surface area contributed by atoms with E-state index in [1.165, 1.54) is 11.7 Å². The number of ether oxygens (including phenoxy) is 3. The largest absolute Gasteiger partial charge is 0.494 e. The van der Waals surface area contributed by atoms with Crippen LogP contribution in [-0.2, 0) is 16.0 Å². The molecule has 2 saturated heterocycles. The minimum absolute atomic E-state index is 0.0183. The molecule has 4 aromatic rings. The van der Waals surface area contributed by atoms with Gasteiger partial charge >= 0.3 is 0 Å². The fourth-order valence-corrected chi connectivity index (χ4v) is 4.78. The zero-order chi connectivity index (χ0) is 27.5. The molecule has 212 valence electrons. The Kier molecular flexibility index (Phi) is 7.66. The van der Waals surface area contributed by atoms with Crippen molar-refractivity contribution in [3.05, 3.63) is 36.4 Å². The highest BCUT2D eigenvalue weighted by Gasteiger charge is 2.26. The van der Waals surface area contributed by atoms with E-state index in [-0.39, 0.29) is 11.9 Å². The van der Waals surface area contributed by atoms with Crippen LogP contribution >= 0.6 is 0 Å². The first-order chi connectivity index (χ1) is 19.6. The van der Waals surface area contributed by atoms with Gasteiger partial charge in [-0.2, -0.15) is 20.1 Å². The summed E-state index contributed by atoms with van der Waals surface area (Å²) in [7, 11) is 1.47. The van der Waals surface area contributed by atoms with Crippen molar-refractivity contribution in [2.75, 3.05) is 76.5 Å². The van der Waals surface area contributed by atoms with Crippen molar-refractivity contribution in [2.24, 2.45) is 0 Å². The van der Waals surface area contributed by atoms with Crippen molar-refractivity contribution in [3.63, 3.8) is 0 Å². The van der Waals surface area contributed by atoms with Crippen LogP contribution in [0.15, 0.2) is 30.6 Å². The zero-order valence-electron chi connectivity index (χ0n) is 22.0. The lowest BCUT2D eigenvalue weighted by molar-refractivity contribution is 0.0360. The topological polar surface area (TPSA) is 121 Å². The number of rotatable bonds is 9. The molecule has 2 aliphatic heterocycles. The van der Waals surface area contributed by atoms with Gasteiger partial charge in [0.2, 0.25) is 17.8 Å². The van der Waals surface area contributed by atoms with Gasteiger partial charge in [0.1, 0.15) is 11.3 Å². The third-order valence-electron chi connectivity index (χ3n) is 6.83. The van der Waals surface area contributed by atoms with Crippen LogP contribution in [0.4, 0.5) is 26.4 Å². The highest BCUT2D eigenvalue weighted by molar-refractivity contribution is 5.84. The number of fused-ring (bicyclic) bond motifs is 1. The first-order valence-electron chi connectivity index (χ1n) is 13.1. The second-order valence-corrected chi connectivity index (χ2v) is 9.36. The Morgan fingerprint density at radius 3 is 2.45 bits per heavy atom. The van der Waals surface area contributed by atoms with Gasteiger partial charge in [-0.15, -0.1) is 0 Å². The number of hydrogen-bond acceptors (Lipinski definition) is 11. The van der Waals surface area contributed by atoms with E-state index in [0.29, 0.717) is 61.3 Å². The molecule has 15 heteroatoms. The number of nitrogens with one attached hydrogen (secondary N) is 1. The monoisotopic (exact) mass is 556 g/mol. The maximum Gasteiger partial charge on any atom is 0.296 e. The van der Waals surface area contributed by atoms with E-state index < -0.39 is 12.2 Å². The summed E-state index contributed by atoms with van der Waals surface area (Å²) in [5.74, 6) is 0.457. The van der Waals surface area contributed by atoms with Gasteiger partial charge in [0, 0.05) is 38.9 Å². The number of alkyl halides is 2. The molecule has 0 aliphatic carbocycles. The summed E-state index contributed by atoms with van der Waals surface area (Å²) < 4.78 is 47.8. The zero-order valence-corrected chi connectivity index (χ0v) is 22.0. The lowest BCUT2D eigenvalue weighted by Crippen LogP contribution is -2.38. The number of hydrogen-bond donors (Lipinski definition) is 1. The lowest BCUT2D eigenvalue weighted by atomic mass is 10.3. The van der Waals surface area contributed by atoms with Gasteiger partial charge in [-0.1, -0.05) is 6.07 Å². The van der Waals surface area contributed by atoms with Gasteiger partial charge in [-0.05, 0) is 12.1 Å². The van der Waals surface area contributed by atoms with Crippen molar-refractivity contribution in [1.82, 2.24) is 39.2 Å². The first kappa shape index (κ1) is 26.3. The van der Waals surface area contributed by atoms with Crippen LogP contribution in [0, 0.1) is 0 Å². The summed E-state index contributed by atoms with van der Waals surface area (Å²) in [6, 6.07) is 5.06. The molecule has 1 aromatic carbocycles. The molecule has 0 saturated carbocycles. The van der Waals surface area contributed by atoms with Crippen LogP contribution in [0.5, 0.6) is 5.75 Å². The van der Waals surface area contributed by atoms with Crippen LogP contribution in [0.3, 0.4) is 0 Å². The Balaban J connectivity index is 1.34. The van der Waals surface area contributed by atoms with E-state index in [2.05, 4.69) is 35.3 Å². The Labute approximate surface area is 228 Å². The van der Waals surface area contributed by atoms with Gasteiger partial charge in [0.25, 0.3) is 6.43 Å². The first-order valence-corrected chi connectivity index (χ1v) is 13.1. The Hall–Kier alpha value is -3.95. The average Bonchev–Trinajstić information content (AvgIpc) is 3.61. The van der Waals surface area contributed by atoms with Crippen LogP contribution in [-0.4, -0.2) is 105 Å². The standard InChI is InChI=1S/C25H30F2N10O3/c1-38-19-4-2-3-18-20(19)30-22(21(26)27)37(18)25-32-23(31-24(33-25)35-9-13-40-14-10-35)29-17-15-28-36(16-17)6-5-34-7-11-39-12-8-34/h2-4,15-16,21H,5-14H2,1H3,(H,29,31,32,33). The fraction of sp³-hybridized carbons (Fsp3) is 0.480. The number of nitrogens with zero attached hydrogens (tertiary/aromatic N) is 9. The second-order valence-electron chi connectivity index (χ2n) is 9.36. The van der Waals surface area contributed by atoms with Crippen LogP contribution in [0.25, 0.3) is 17.0 Å². The SMILES string of the molecule is COc1cccc2c1nc(C(F)F)n2-c1nc(Nc2cnn(CCN3CCOCC3)c2)nc(N2CCOCC2)n1. The molecule has 5 heterocycles. The predicted octanol–water partition coefficient (Wildman–Crippen LogP) is 2.27. The number of methoxy groups -OCH3 is 1. The third-order valence-corrected chi connectivity index (χ3v) is 6.83. The highest BCUT2D eigenvalue weighted by atomic mass is 19.3. The molecule has 40 heavy (non-hydrogen) atoms. The van der Waals surface area contributed by atoms with E-state index in [9.17, 15) is 8.78 Å². The van der Waals surface area contributed by atoms with E-state index in [0.717, 1.165) is 32.8 Å². The van der Waals surface area contributed by atoms with Gasteiger partial charge < -0.3 is 24.4 Å². The highest BCUT2D eigenvalue weighted by Crippen LogP contribution is 2.32. The molecule has 6 rings (SSSR count). The number of halogens is 2. The van der Waals surface area contributed by atoms with Crippen molar-refractivity contribution in [3.8, 4) is 11.7 Å². The molecule has 0 radical (unpaired) electrons. The quantitative estimate of drug-likeness (QED) is 0.327. The van der Waals surface area contributed by atoms with E-state index >= 15 is 0 Å². The van der Waals surface area contributed by atoms with Crippen LogP contribution < -0.4 is 15.0 Å². The normalized spacial score (nSPS) is 16.6. The Morgan fingerprint density at radius 2 is 1.70 bits per heavy atom. The summed E-state index contributed by atoms with van der Waals surface area (Å²) in [6.45, 7) is 6.99. The second kappa shape index (κ2) is 11.7. The number of benzene rings is 1. The smallest absolute Gasteiger partial charge is 0.296 e. The van der Waals surface area contributed by atoms with Crippen molar-refractivity contribution < 1.29 is 23.0 Å². The van der Waals surface area contributed by atoms with Gasteiger partial charge in [-0.3, -0.25) is 14.1 Å². The fourth-order valence-electron chi connectivity index (χ4n) is 4.78. The molecule has 2 aliphatic rings. The molecule has 1 N–H and O–H groups in total. The maximum atomic E-state index is 14.2. The number of morpholine rings is 2. The summed E-state index contributed by atoms with van der Waals surface area (Å²) in [5.41, 5.74) is 1.36. The number of para-hydroxylation sites is 1. The minimum atomic E-state index is -2.87. The third kappa shape index (κ3) is 5.52. The van der Waals surface area contributed by atoms with E-state index in [4.69, 9.17) is 14.2 Å². The Morgan fingerprint density at radius 1 is 0.950 bits per heavy atom. The summed E-state index contributed by atoms with van der Waals surface area (Å²) in [6.07, 6.45) is 0.668. The van der Waals surface area contributed by atoms with Crippen molar-refractivity contribution in [1.29, 1.82) is 0 Å². The summed E-state index contributed by atoms with van der Waals surface area (Å²) in [5, 5.41) is 7.63. The van der Waals surface area contributed by atoms with Crippen molar-refractivity contribution in [2.45, 2.75) is 13.0 Å². The number of anilines is 3. The molecule has 0 atom stereocenters. The van der Waals surface area contributed by atoms with Crippen molar-refractivity contribution >= 4 is 28.6 Å². The predicted molar refractivity (Wildman–Crippen MR) is 142 cm³/mol. The molecule has 0 amide bonds. The lowest BCUT2D eigenvalue weighted by Gasteiger charge is -2.27. The number of imidazole rings is 1. The van der Waals surface area contributed by atoms with Crippen LogP contribution in [0.1, 0.15) is 12.2 Å². The van der Waals surface area contributed by atoms with E-state index in [1.54, 1.807) is 24.4 Å². The molecule has 2 fully saturated rings. The molecule has 0 unspecified atom stereocenters. The molecule has 13 nitrogen and oxygen atoms in total. The molecule has 0 spiro atoms. The van der Waals surface area contributed by atoms with Gasteiger partial charge in [0.05, 0.1) is 57.5 Å². The average molecular weight is 557 g/mol. The molecular formula is C25H30F2N10O3. The molecule has 3 aromatic heterocycles. The number of aromatic nitrogens is 7. The molecule has 0 bridgehead atoms. The Bertz CT molecular complexity index is 1450. The van der Waals surface area contributed by atoms with Gasteiger partial charge in [0.15, 0.2) is 5.82 Å². The molecular weight excluding hydrogens is 526 g/mol. The summed E-state index contributed by atoms with van der Waals surface area (Å²) >= 11 is 0. The summed E-state index contributed by atoms with van der Waals surface area (Å²) in [4.78, 5) is 22.2.